The molecule has 25 heavy (non-hydrogen) atoms. The maximum atomic E-state index is 12.2. The average Bonchev–Trinajstić information content (AvgIpc) is 3.10. The summed E-state index contributed by atoms with van der Waals surface area (Å²) in [5, 5.41) is 6.84. The van der Waals surface area contributed by atoms with Crippen molar-refractivity contribution in [2.24, 2.45) is 0 Å². The van der Waals surface area contributed by atoms with Crippen LogP contribution in [-0.2, 0) is 9.53 Å². The third-order valence-electron chi connectivity index (χ3n) is 3.95. The van der Waals surface area contributed by atoms with Crippen LogP contribution in [0.4, 0.5) is 4.79 Å². The first-order chi connectivity index (χ1) is 12.2. The van der Waals surface area contributed by atoms with Crippen molar-refractivity contribution in [1.82, 2.24) is 20.2 Å². The van der Waals surface area contributed by atoms with Crippen molar-refractivity contribution in [3.05, 3.63) is 17.8 Å². The number of fused-ring (bicyclic) bond motifs is 1. The van der Waals surface area contributed by atoms with E-state index in [1.807, 2.05) is 11.4 Å². The maximum absolute atomic E-state index is 12.2. The number of aromatic nitrogens is 2. The summed E-state index contributed by atoms with van der Waals surface area (Å²) < 4.78 is 5.00. The molecule has 2 aromatic rings. The van der Waals surface area contributed by atoms with Crippen LogP contribution in [0.5, 0.6) is 0 Å². The molecule has 2 amide bonds. The van der Waals surface area contributed by atoms with E-state index >= 15 is 0 Å². The van der Waals surface area contributed by atoms with Crippen LogP contribution < -0.4 is 5.32 Å². The van der Waals surface area contributed by atoms with Gasteiger partial charge in [0.15, 0.2) is 0 Å². The Morgan fingerprint density at radius 1 is 1.40 bits per heavy atom. The van der Waals surface area contributed by atoms with E-state index < -0.39 is 0 Å². The SMILES string of the molecule is CCOC(=O)N1CCC(NC(=O)CSc2ncnc3sccc23)CC1. The minimum absolute atomic E-state index is 0.0124. The smallest absolute Gasteiger partial charge is 0.409 e. The van der Waals surface area contributed by atoms with Gasteiger partial charge in [-0.15, -0.1) is 11.3 Å². The molecule has 0 atom stereocenters. The number of likely N-dealkylation sites (tertiary alicyclic amines) is 1. The molecule has 9 heteroatoms. The zero-order valence-electron chi connectivity index (χ0n) is 13.9. The lowest BCUT2D eigenvalue weighted by atomic mass is 10.1. The van der Waals surface area contributed by atoms with Crippen LogP contribution in [0.3, 0.4) is 0 Å². The van der Waals surface area contributed by atoms with E-state index in [9.17, 15) is 9.59 Å². The van der Waals surface area contributed by atoms with Crippen LogP contribution in [0.15, 0.2) is 22.8 Å². The van der Waals surface area contributed by atoms with Crippen molar-refractivity contribution in [1.29, 1.82) is 0 Å². The molecule has 0 saturated carbocycles. The molecule has 0 unspecified atom stereocenters. The molecule has 0 radical (unpaired) electrons. The molecule has 3 rings (SSSR count). The lowest BCUT2D eigenvalue weighted by Crippen LogP contribution is -2.47. The van der Waals surface area contributed by atoms with E-state index in [-0.39, 0.29) is 18.0 Å². The van der Waals surface area contributed by atoms with Crippen molar-refractivity contribution >= 4 is 45.3 Å². The van der Waals surface area contributed by atoms with Gasteiger partial charge < -0.3 is 15.0 Å². The number of nitrogens with zero attached hydrogens (tertiary/aromatic N) is 3. The van der Waals surface area contributed by atoms with Gasteiger partial charge in [0.25, 0.3) is 0 Å². The number of hydrogen-bond acceptors (Lipinski definition) is 7. The minimum atomic E-state index is -0.272. The molecule has 0 bridgehead atoms. The number of carbonyl (C=O) groups excluding carboxylic acids is 2. The number of thioether (sulfide) groups is 1. The second-order valence-electron chi connectivity index (χ2n) is 5.63. The summed E-state index contributed by atoms with van der Waals surface area (Å²) in [6, 6.07) is 2.08. The third kappa shape index (κ3) is 4.60. The Bertz CT molecular complexity index is 744. The number of ether oxygens (including phenoxy) is 1. The van der Waals surface area contributed by atoms with Gasteiger partial charge in [-0.2, -0.15) is 0 Å². The number of hydrogen-bond donors (Lipinski definition) is 1. The van der Waals surface area contributed by atoms with Gasteiger partial charge >= 0.3 is 6.09 Å². The van der Waals surface area contributed by atoms with E-state index in [4.69, 9.17) is 4.74 Å². The quantitative estimate of drug-likeness (QED) is 0.634. The van der Waals surface area contributed by atoms with Crippen LogP contribution in [0.25, 0.3) is 10.2 Å². The van der Waals surface area contributed by atoms with Gasteiger partial charge in [-0.1, -0.05) is 11.8 Å². The zero-order valence-corrected chi connectivity index (χ0v) is 15.6. The van der Waals surface area contributed by atoms with E-state index in [2.05, 4.69) is 15.3 Å². The van der Waals surface area contributed by atoms with Gasteiger partial charge in [0.1, 0.15) is 16.2 Å². The van der Waals surface area contributed by atoms with Crippen molar-refractivity contribution in [2.75, 3.05) is 25.4 Å². The minimum Gasteiger partial charge on any atom is -0.450 e. The summed E-state index contributed by atoms with van der Waals surface area (Å²) in [5.74, 6) is 0.307. The fourth-order valence-electron chi connectivity index (χ4n) is 2.71. The summed E-state index contributed by atoms with van der Waals surface area (Å²) in [6.07, 6.45) is 2.76. The second-order valence-corrected chi connectivity index (χ2v) is 7.49. The molecule has 1 aliphatic heterocycles. The van der Waals surface area contributed by atoms with E-state index in [0.29, 0.717) is 25.4 Å². The molecule has 2 aromatic heterocycles. The number of carbonyl (C=O) groups is 2. The molecular weight excluding hydrogens is 360 g/mol. The number of amides is 2. The first kappa shape index (κ1) is 17.9. The molecule has 1 N–H and O–H groups in total. The van der Waals surface area contributed by atoms with Crippen molar-refractivity contribution in [3.8, 4) is 0 Å². The Morgan fingerprint density at radius 2 is 2.20 bits per heavy atom. The van der Waals surface area contributed by atoms with Crippen molar-refractivity contribution in [2.45, 2.75) is 30.8 Å². The molecular formula is C16H20N4O3S2. The number of thiophene rings is 1. The summed E-state index contributed by atoms with van der Waals surface area (Å²) in [6.45, 7) is 3.40. The maximum Gasteiger partial charge on any atom is 0.409 e. The van der Waals surface area contributed by atoms with Gasteiger partial charge in [0.05, 0.1) is 12.4 Å². The van der Waals surface area contributed by atoms with Crippen LogP contribution in [0.2, 0.25) is 0 Å². The predicted octanol–water partition coefficient (Wildman–Crippen LogP) is 2.52. The lowest BCUT2D eigenvalue weighted by Gasteiger charge is -2.31. The van der Waals surface area contributed by atoms with Crippen molar-refractivity contribution in [3.63, 3.8) is 0 Å². The molecule has 0 spiro atoms. The molecule has 1 saturated heterocycles. The summed E-state index contributed by atoms with van der Waals surface area (Å²) in [4.78, 5) is 35.0. The summed E-state index contributed by atoms with van der Waals surface area (Å²) in [7, 11) is 0. The Hall–Kier alpha value is -1.87. The van der Waals surface area contributed by atoms with Crippen LogP contribution >= 0.6 is 23.1 Å². The van der Waals surface area contributed by atoms with Gasteiger partial charge in [-0.3, -0.25) is 4.79 Å². The molecule has 3 heterocycles. The highest BCUT2D eigenvalue weighted by Crippen LogP contribution is 2.27. The number of rotatable bonds is 5. The van der Waals surface area contributed by atoms with Crippen LogP contribution in [-0.4, -0.2) is 58.4 Å². The second kappa shape index (κ2) is 8.48. The molecule has 0 aliphatic carbocycles. The van der Waals surface area contributed by atoms with Gasteiger partial charge in [-0.25, -0.2) is 14.8 Å². The van der Waals surface area contributed by atoms with E-state index in [1.54, 1.807) is 23.2 Å². The first-order valence-electron chi connectivity index (χ1n) is 8.19. The van der Waals surface area contributed by atoms with Gasteiger partial charge in [0.2, 0.25) is 5.91 Å². The molecule has 0 aromatic carbocycles. The monoisotopic (exact) mass is 380 g/mol. The van der Waals surface area contributed by atoms with Gasteiger partial charge in [0, 0.05) is 24.5 Å². The van der Waals surface area contributed by atoms with Crippen LogP contribution in [0, 0.1) is 0 Å². The van der Waals surface area contributed by atoms with Crippen LogP contribution in [0.1, 0.15) is 19.8 Å². The Labute approximate surface area is 154 Å². The van der Waals surface area contributed by atoms with Crippen molar-refractivity contribution < 1.29 is 14.3 Å². The fraction of sp³-hybridized carbons (Fsp3) is 0.500. The first-order valence-corrected chi connectivity index (χ1v) is 10.1. The Kier molecular flexibility index (Phi) is 6.09. The predicted molar refractivity (Wildman–Crippen MR) is 97.9 cm³/mol. The molecule has 1 fully saturated rings. The average molecular weight is 380 g/mol. The zero-order chi connectivity index (χ0) is 17.6. The molecule has 7 nitrogen and oxygen atoms in total. The normalized spacial score (nSPS) is 15.3. The Balaban J connectivity index is 1.44. The third-order valence-corrected chi connectivity index (χ3v) is 5.78. The molecule has 1 aliphatic rings. The van der Waals surface area contributed by atoms with E-state index in [0.717, 1.165) is 28.1 Å². The van der Waals surface area contributed by atoms with Gasteiger partial charge in [-0.05, 0) is 31.2 Å². The largest absolute Gasteiger partial charge is 0.450 e. The highest BCUT2D eigenvalue weighted by molar-refractivity contribution is 8.00. The summed E-state index contributed by atoms with van der Waals surface area (Å²) >= 11 is 2.98. The topological polar surface area (TPSA) is 84.4 Å². The number of nitrogens with one attached hydrogen (secondary N) is 1. The summed E-state index contributed by atoms with van der Waals surface area (Å²) in [5.41, 5.74) is 0. The standard InChI is InChI=1S/C16H20N4O3S2/c1-2-23-16(22)20-6-3-11(4-7-20)19-13(21)9-25-15-12-5-8-24-14(12)17-10-18-15/h5,8,10-11H,2-4,6-7,9H2,1H3,(H,19,21). The highest BCUT2D eigenvalue weighted by atomic mass is 32.2. The Morgan fingerprint density at radius 3 is 2.96 bits per heavy atom. The van der Waals surface area contributed by atoms with E-state index in [1.165, 1.54) is 18.1 Å². The fourth-order valence-corrected chi connectivity index (χ4v) is 4.30. The molecule has 134 valence electrons. The highest BCUT2D eigenvalue weighted by Gasteiger charge is 2.24. The lowest BCUT2D eigenvalue weighted by molar-refractivity contribution is -0.119. The number of piperidine rings is 1.